The molecule has 9 heteroatoms. The molecular formula is C16H18ClN5O3. The Hall–Kier alpha value is -2.74. The van der Waals surface area contributed by atoms with Crippen molar-refractivity contribution in [3.05, 3.63) is 29.3 Å². The highest BCUT2D eigenvalue weighted by atomic mass is 35.5. The van der Waals surface area contributed by atoms with Crippen molar-refractivity contribution in [3.8, 4) is 11.5 Å². The van der Waals surface area contributed by atoms with E-state index in [0.29, 0.717) is 33.8 Å². The molecule has 1 fully saturated rings. The Morgan fingerprint density at radius 2 is 1.80 bits per heavy atom. The monoisotopic (exact) mass is 363 g/mol. The predicted molar refractivity (Wildman–Crippen MR) is 95.0 cm³/mol. The highest BCUT2D eigenvalue weighted by Gasteiger charge is 2.23. The lowest BCUT2D eigenvalue weighted by molar-refractivity contribution is 0.251. The zero-order chi connectivity index (χ0) is 17.8. The van der Waals surface area contributed by atoms with Gasteiger partial charge in [0.2, 0.25) is 0 Å². The molecule has 25 heavy (non-hydrogen) atoms. The van der Waals surface area contributed by atoms with E-state index in [1.807, 2.05) is 0 Å². The minimum atomic E-state index is -0.276. The molecule has 0 atom stereocenters. The molecule has 1 aliphatic rings. The van der Waals surface area contributed by atoms with Gasteiger partial charge in [-0.3, -0.25) is 5.32 Å². The number of nitrogens with one attached hydrogen (secondary N) is 3. The van der Waals surface area contributed by atoms with Gasteiger partial charge in [0.1, 0.15) is 11.5 Å². The Morgan fingerprint density at radius 1 is 1.12 bits per heavy atom. The molecule has 1 heterocycles. The molecule has 0 saturated heterocycles. The van der Waals surface area contributed by atoms with E-state index in [2.05, 4.69) is 26.1 Å². The topological polar surface area (TPSA) is 97.4 Å². The number of amides is 2. The molecule has 3 N–H and O–H groups in total. The quantitative estimate of drug-likeness (QED) is 0.729. The van der Waals surface area contributed by atoms with Gasteiger partial charge in [-0.25, -0.2) is 4.79 Å². The average molecular weight is 364 g/mol. The normalized spacial score (nSPS) is 13.1. The maximum Gasteiger partial charge on any atom is 0.320 e. The molecule has 0 unspecified atom stereocenters. The van der Waals surface area contributed by atoms with E-state index in [9.17, 15) is 4.79 Å². The van der Waals surface area contributed by atoms with Gasteiger partial charge in [0.05, 0.1) is 24.9 Å². The zero-order valence-electron chi connectivity index (χ0n) is 13.8. The van der Waals surface area contributed by atoms with Crippen LogP contribution in [0, 0.1) is 0 Å². The first kappa shape index (κ1) is 17.1. The summed E-state index contributed by atoms with van der Waals surface area (Å²) in [5.74, 6) is 1.90. The van der Waals surface area contributed by atoms with Gasteiger partial charge in [-0.1, -0.05) is 11.6 Å². The Balaban J connectivity index is 1.69. The standard InChI is InChI=1S/C16H18ClN5O3/c1-24-12-8-11(13(25-2)7-10(12)17)19-14-5-6-15(22-21-14)20-16(23)18-9-3-4-9/h5-9H,3-4H2,1-2H3,(H,19,21)(H2,18,20,22,23). The number of benzene rings is 1. The highest BCUT2D eigenvalue weighted by molar-refractivity contribution is 6.32. The molecule has 1 aromatic heterocycles. The second-order valence-corrected chi connectivity index (χ2v) is 5.90. The first-order chi connectivity index (χ1) is 12.1. The summed E-state index contributed by atoms with van der Waals surface area (Å²) in [5.41, 5.74) is 0.630. The Morgan fingerprint density at radius 3 is 2.40 bits per heavy atom. The van der Waals surface area contributed by atoms with Crippen LogP contribution in [0.1, 0.15) is 12.8 Å². The van der Waals surface area contributed by atoms with Gasteiger partial charge in [-0.15, -0.1) is 10.2 Å². The maximum atomic E-state index is 11.7. The van der Waals surface area contributed by atoms with Crippen molar-refractivity contribution >= 4 is 35.0 Å². The molecule has 0 spiro atoms. The second-order valence-electron chi connectivity index (χ2n) is 5.49. The summed E-state index contributed by atoms with van der Waals surface area (Å²) < 4.78 is 10.5. The van der Waals surface area contributed by atoms with Gasteiger partial charge in [0.25, 0.3) is 0 Å². The number of rotatable bonds is 6. The smallest absolute Gasteiger partial charge is 0.320 e. The summed E-state index contributed by atoms with van der Waals surface area (Å²) in [6, 6.07) is 6.71. The number of anilines is 3. The summed E-state index contributed by atoms with van der Waals surface area (Å²) in [7, 11) is 3.07. The van der Waals surface area contributed by atoms with Crippen LogP contribution in [0.3, 0.4) is 0 Å². The Labute approximate surface area is 149 Å². The van der Waals surface area contributed by atoms with Crippen LogP contribution in [0.4, 0.5) is 22.1 Å². The number of aromatic nitrogens is 2. The fraction of sp³-hybridized carbons (Fsp3) is 0.312. The Bertz CT molecular complexity index is 765. The SMILES string of the molecule is COc1cc(Nc2ccc(NC(=O)NC3CC3)nn2)c(OC)cc1Cl. The van der Waals surface area contributed by atoms with E-state index in [1.54, 1.807) is 31.4 Å². The lowest BCUT2D eigenvalue weighted by Crippen LogP contribution is -2.30. The largest absolute Gasteiger partial charge is 0.495 e. The van der Waals surface area contributed by atoms with Crippen molar-refractivity contribution in [2.45, 2.75) is 18.9 Å². The molecular weight excluding hydrogens is 346 g/mol. The van der Waals surface area contributed by atoms with Gasteiger partial charge >= 0.3 is 6.03 Å². The zero-order valence-corrected chi connectivity index (χ0v) is 14.6. The summed E-state index contributed by atoms with van der Waals surface area (Å²) in [6.45, 7) is 0. The number of urea groups is 1. The minimum Gasteiger partial charge on any atom is -0.495 e. The molecule has 8 nitrogen and oxygen atoms in total. The van der Waals surface area contributed by atoms with E-state index in [1.165, 1.54) is 7.11 Å². The van der Waals surface area contributed by atoms with Crippen molar-refractivity contribution in [2.75, 3.05) is 24.9 Å². The molecule has 1 aromatic carbocycles. The van der Waals surface area contributed by atoms with Crippen LogP contribution in [-0.4, -0.2) is 36.5 Å². The second kappa shape index (κ2) is 7.43. The molecule has 2 aromatic rings. The molecule has 1 saturated carbocycles. The highest BCUT2D eigenvalue weighted by Crippen LogP contribution is 2.37. The van der Waals surface area contributed by atoms with Gasteiger partial charge < -0.3 is 20.1 Å². The average Bonchev–Trinajstić information content (AvgIpc) is 3.41. The number of carbonyl (C=O) groups excluding carboxylic acids is 1. The van der Waals surface area contributed by atoms with E-state index < -0.39 is 0 Å². The fourth-order valence-electron chi connectivity index (χ4n) is 2.13. The number of halogens is 1. The predicted octanol–water partition coefficient (Wildman–Crippen LogP) is 3.17. The summed E-state index contributed by atoms with van der Waals surface area (Å²) >= 11 is 6.09. The summed E-state index contributed by atoms with van der Waals surface area (Å²) in [6.07, 6.45) is 2.04. The number of carbonyl (C=O) groups is 1. The van der Waals surface area contributed by atoms with Crippen LogP contribution in [0.25, 0.3) is 0 Å². The molecule has 2 amide bonds. The number of methoxy groups -OCH3 is 2. The number of hydrogen-bond acceptors (Lipinski definition) is 6. The van der Waals surface area contributed by atoms with Crippen LogP contribution in [0.2, 0.25) is 5.02 Å². The Kier molecular flexibility index (Phi) is 5.08. The minimum absolute atomic E-state index is 0.276. The summed E-state index contributed by atoms with van der Waals surface area (Å²) in [5, 5.41) is 17.0. The van der Waals surface area contributed by atoms with E-state index >= 15 is 0 Å². The van der Waals surface area contributed by atoms with Crippen LogP contribution < -0.4 is 25.4 Å². The number of nitrogens with zero attached hydrogens (tertiary/aromatic N) is 2. The van der Waals surface area contributed by atoms with Gasteiger partial charge in [-0.2, -0.15) is 0 Å². The maximum absolute atomic E-state index is 11.7. The van der Waals surface area contributed by atoms with Crippen LogP contribution in [0.15, 0.2) is 24.3 Å². The van der Waals surface area contributed by atoms with Crippen molar-refractivity contribution in [2.24, 2.45) is 0 Å². The lowest BCUT2D eigenvalue weighted by atomic mass is 10.2. The van der Waals surface area contributed by atoms with Gasteiger partial charge in [0, 0.05) is 18.2 Å². The molecule has 132 valence electrons. The molecule has 1 aliphatic carbocycles. The fourth-order valence-corrected chi connectivity index (χ4v) is 2.36. The van der Waals surface area contributed by atoms with Crippen molar-refractivity contribution in [3.63, 3.8) is 0 Å². The van der Waals surface area contributed by atoms with Crippen molar-refractivity contribution in [1.29, 1.82) is 0 Å². The van der Waals surface area contributed by atoms with E-state index in [0.717, 1.165) is 12.8 Å². The first-order valence-electron chi connectivity index (χ1n) is 7.69. The van der Waals surface area contributed by atoms with Crippen LogP contribution in [-0.2, 0) is 0 Å². The van der Waals surface area contributed by atoms with Crippen LogP contribution >= 0.6 is 11.6 Å². The third kappa shape index (κ3) is 4.42. The number of ether oxygens (including phenoxy) is 2. The molecule has 0 aliphatic heterocycles. The number of hydrogen-bond donors (Lipinski definition) is 3. The third-order valence-electron chi connectivity index (χ3n) is 3.56. The van der Waals surface area contributed by atoms with Crippen molar-refractivity contribution < 1.29 is 14.3 Å². The summed E-state index contributed by atoms with van der Waals surface area (Å²) in [4.78, 5) is 11.7. The first-order valence-corrected chi connectivity index (χ1v) is 8.06. The lowest BCUT2D eigenvalue weighted by Gasteiger charge is -2.13. The van der Waals surface area contributed by atoms with E-state index in [-0.39, 0.29) is 12.1 Å². The van der Waals surface area contributed by atoms with Gasteiger partial charge in [0.15, 0.2) is 11.6 Å². The van der Waals surface area contributed by atoms with Crippen molar-refractivity contribution in [1.82, 2.24) is 15.5 Å². The molecule has 0 radical (unpaired) electrons. The molecule has 0 bridgehead atoms. The third-order valence-corrected chi connectivity index (χ3v) is 3.85. The van der Waals surface area contributed by atoms with Crippen LogP contribution in [0.5, 0.6) is 11.5 Å². The van der Waals surface area contributed by atoms with E-state index in [4.69, 9.17) is 21.1 Å². The van der Waals surface area contributed by atoms with Gasteiger partial charge in [-0.05, 0) is 25.0 Å². The molecule has 3 rings (SSSR count).